The van der Waals surface area contributed by atoms with E-state index in [9.17, 15) is 9.59 Å². The van der Waals surface area contributed by atoms with Crippen molar-refractivity contribution in [2.45, 2.75) is 32.7 Å². The number of nitrogens with one attached hydrogen (secondary N) is 3. The number of rotatable bonds is 6. The molecule has 1 aromatic rings. The van der Waals surface area contributed by atoms with Gasteiger partial charge in [-0.1, -0.05) is 18.2 Å². The first-order chi connectivity index (χ1) is 8.58. The predicted molar refractivity (Wildman–Crippen MR) is 70.7 cm³/mol. The summed E-state index contributed by atoms with van der Waals surface area (Å²) < 4.78 is 0. The largest absolute Gasteiger partial charge is 0.354 e. The van der Waals surface area contributed by atoms with Gasteiger partial charge in [0.2, 0.25) is 11.8 Å². The van der Waals surface area contributed by atoms with Crippen LogP contribution in [0.1, 0.15) is 26.7 Å². The van der Waals surface area contributed by atoms with Gasteiger partial charge in [-0.25, -0.2) is 0 Å². The Balaban J connectivity index is 2.20. The Bertz CT molecular complexity index is 390. The molecule has 0 heterocycles. The number of hydrogen-bond acceptors (Lipinski definition) is 3. The Morgan fingerprint density at radius 1 is 1.06 bits per heavy atom. The first kappa shape index (κ1) is 14.0. The molecule has 98 valence electrons. The highest BCUT2D eigenvalue weighted by Gasteiger charge is 2.07. The van der Waals surface area contributed by atoms with Gasteiger partial charge in [0.1, 0.15) is 0 Å². The molecule has 0 radical (unpaired) electrons. The zero-order valence-electron chi connectivity index (χ0n) is 10.7. The normalized spacial score (nSPS) is 9.94. The minimum absolute atomic E-state index is 0.100. The van der Waals surface area contributed by atoms with E-state index >= 15 is 0 Å². The number of amides is 2. The summed E-state index contributed by atoms with van der Waals surface area (Å²) in [5, 5.41) is 2.73. The first-order valence-electron chi connectivity index (χ1n) is 5.97. The first-order valence-corrected chi connectivity index (χ1v) is 5.97. The van der Waals surface area contributed by atoms with Gasteiger partial charge in [-0.15, -0.1) is 0 Å². The van der Waals surface area contributed by atoms with Crippen LogP contribution in [-0.4, -0.2) is 17.9 Å². The van der Waals surface area contributed by atoms with Crippen molar-refractivity contribution in [2.24, 2.45) is 0 Å². The predicted octanol–water partition coefficient (Wildman–Crippen LogP) is 1.43. The topological polar surface area (TPSA) is 70.2 Å². The molecule has 1 aromatic carbocycles. The lowest BCUT2D eigenvalue weighted by atomic mass is 10.2. The van der Waals surface area contributed by atoms with Gasteiger partial charge in [0.25, 0.3) is 0 Å². The van der Waals surface area contributed by atoms with E-state index in [1.807, 2.05) is 44.2 Å². The molecule has 1 rings (SSSR count). The zero-order valence-corrected chi connectivity index (χ0v) is 10.7. The second kappa shape index (κ2) is 7.32. The summed E-state index contributed by atoms with van der Waals surface area (Å²) in [6, 6.07) is 9.40. The van der Waals surface area contributed by atoms with Crippen LogP contribution in [0.5, 0.6) is 0 Å². The summed E-state index contributed by atoms with van der Waals surface area (Å²) in [6.07, 6.45) is 0.360. The maximum Gasteiger partial charge on any atom is 0.238 e. The van der Waals surface area contributed by atoms with E-state index in [0.717, 1.165) is 5.69 Å². The average molecular weight is 249 g/mol. The summed E-state index contributed by atoms with van der Waals surface area (Å²) in [5.41, 5.74) is 6.12. The standard InChI is InChI=1S/C13H19N3O2/c1-10(2)14-12(17)8-9-13(18)16-15-11-6-4-3-5-7-11/h3-7,10,15H,8-9H2,1-2H3,(H,14,17)(H,16,18). The van der Waals surface area contributed by atoms with Crippen molar-refractivity contribution in [3.63, 3.8) is 0 Å². The Morgan fingerprint density at radius 3 is 2.28 bits per heavy atom. The molecule has 18 heavy (non-hydrogen) atoms. The molecule has 0 aliphatic rings. The van der Waals surface area contributed by atoms with Crippen LogP contribution in [0.2, 0.25) is 0 Å². The van der Waals surface area contributed by atoms with E-state index in [1.54, 1.807) is 0 Å². The van der Waals surface area contributed by atoms with Gasteiger partial charge in [-0.2, -0.15) is 0 Å². The summed E-state index contributed by atoms with van der Waals surface area (Å²) >= 11 is 0. The molecule has 5 nitrogen and oxygen atoms in total. The Kier molecular flexibility index (Phi) is 5.70. The van der Waals surface area contributed by atoms with Crippen LogP contribution in [0.15, 0.2) is 30.3 Å². The van der Waals surface area contributed by atoms with Crippen LogP contribution < -0.4 is 16.2 Å². The van der Waals surface area contributed by atoms with E-state index in [-0.39, 0.29) is 30.7 Å². The lowest BCUT2D eigenvalue weighted by Gasteiger charge is -2.09. The van der Waals surface area contributed by atoms with Gasteiger partial charge in [0.05, 0.1) is 5.69 Å². The van der Waals surface area contributed by atoms with Crippen LogP contribution in [0.25, 0.3) is 0 Å². The lowest BCUT2D eigenvalue weighted by molar-refractivity contribution is -0.126. The van der Waals surface area contributed by atoms with Crippen molar-refractivity contribution in [3.8, 4) is 0 Å². The van der Waals surface area contributed by atoms with E-state index in [4.69, 9.17) is 0 Å². The molecular weight excluding hydrogens is 230 g/mol. The van der Waals surface area contributed by atoms with E-state index < -0.39 is 0 Å². The summed E-state index contributed by atoms with van der Waals surface area (Å²) in [6.45, 7) is 3.77. The maximum atomic E-state index is 11.5. The molecule has 0 aromatic heterocycles. The van der Waals surface area contributed by atoms with Crippen molar-refractivity contribution in [3.05, 3.63) is 30.3 Å². The fraction of sp³-hybridized carbons (Fsp3) is 0.385. The van der Waals surface area contributed by atoms with Gasteiger partial charge < -0.3 is 5.32 Å². The fourth-order valence-corrected chi connectivity index (χ4v) is 1.35. The zero-order chi connectivity index (χ0) is 13.4. The minimum atomic E-state index is -0.210. The van der Waals surface area contributed by atoms with Crippen LogP contribution in [0.4, 0.5) is 5.69 Å². The van der Waals surface area contributed by atoms with E-state index in [0.29, 0.717) is 0 Å². The molecule has 0 saturated carbocycles. The lowest BCUT2D eigenvalue weighted by Crippen LogP contribution is -2.33. The minimum Gasteiger partial charge on any atom is -0.354 e. The molecule has 0 unspecified atom stereocenters. The SMILES string of the molecule is CC(C)NC(=O)CCC(=O)NNc1ccccc1. The van der Waals surface area contributed by atoms with Gasteiger partial charge in [-0.05, 0) is 26.0 Å². The van der Waals surface area contributed by atoms with E-state index in [1.165, 1.54) is 0 Å². The summed E-state index contributed by atoms with van der Waals surface area (Å²) in [4.78, 5) is 22.8. The highest BCUT2D eigenvalue weighted by atomic mass is 16.2. The Labute approximate surface area is 107 Å². The molecule has 2 amide bonds. The molecule has 0 atom stereocenters. The van der Waals surface area contributed by atoms with Crippen molar-refractivity contribution in [1.29, 1.82) is 0 Å². The van der Waals surface area contributed by atoms with E-state index in [2.05, 4.69) is 16.2 Å². The molecule has 3 N–H and O–H groups in total. The van der Waals surface area contributed by atoms with Crippen LogP contribution in [0.3, 0.4) is 0 Å². The third-order valence-corrected chi connectivity index (χ3v) is 2.15. The van der Waals surface area contributed by atoms with Crippen molar-refractivity contribution < 1.29 is 9.59 Å². The molecule has 0 bridgehead atoms. The van der Waals surface area contributed by atoms with Crippen molar-refractivity contribution >= 4 is 17.5 Å². The molecule has 0 aliphatic heterocycles. The second-order valence-electron chi connectivity index (χ2n) is 4.26. The third-order valence-electron chi connectivity index (χ3n) is 2.15. The Morgan fingerprint density at radius 2 is 1.67 bits per heavy atom. The van der Waals surface area contributed by atoms with Gasteiger partial charge in [0, 0.05) is 18.9 Å². The number of carbonyl (C=O) groups is 2. The van der Waals surface area contributed by atoms with Gasteiger partial charge in [-0.3, -0.25) is 20.4 Å². The monoisotopic (exact) mass is 249 g/mol. The van der Waals surface area contributed by atoms with Crippen LogP contribution in [0, 0.1) is 0 Å². The van der Waals surface area contributed by atoms with Crippen LogP contribution in [-0.2, 0) is 9.59 Å². The molecule has 0 fully saturated rings. The molecule has 0 saturated heterocycles. The number of hydrazine groups is 1. The summed E-state index contributed by atoms with van der Waals surface area (Å²) in [7, 11) is 0. The molecule has 0 aliphatic carbocycles. The average Bonchev–Trinajstić information content (AvgIpc) is 2.34. The number of hydrogen-bond donors (Lipinski definition) is 3. The number of anilines is 1. The van der Waals surface area contributed by atoms with Crippen molar-refractivity contribution in [1.82, 2.24) is 10.7 Å². The number of carbonyl (C=O) groups excluding carboxylic acids is 2. The third kappa shape index (κ3) is 5.89. The van der Waals surface area contributed by atoms with Gasteiger partial charge in [0.15, 0.2) is 0 Å². The highest BCUT2D eigenvalue weighted by Crippen LogP contribution is 2.02. The van der Waals surface area contributed by atoms with Gasteiger partial charge >= 0.3 is 0 Å². The number of para-hydroxylation sites is 1. The Hall–Kier alpha value is -2.04. The quantitative estimate of drug-likeness (QED) is 0.668. The molecular formula is C13H19N3O2. The summed E-state index contributed by atoms with van der Waals surface area (Å²) in [5.74, 6) is -0.322. The van der Waals surface area contributed by atoms with Crippen molar-refractivity contribution in [2.75, 3.05) is 5.43 Å². The fourth-order valence-electron chi connectivity index (χ4n) is 1.35. The molecule has 0 spiro atoms. The number of benzene rings is 1. The maximum absolute atomic E-state index is 11.5. The highest BCUT2D eigenvalue weighted by molar-refractivity contribution is 5.84. The second-order valence-corrected chi connectivity index (χ2v) is 4.26. The van der Waals surface area contributed by atoms with Crippen LogP contribution >= 0.6 is 0 Å². The smallest absolute Gasteiger partial charge is 0.238 e. The molecule has 5 heteroatoms.